The summed E-state index contributed by atoms with van der Waals surface area (Å²) in [6.45, 7) is -0.0192. The Morgan fingerprint density at radius 1 is 0.727 bits per heavy atom. The van der Waals surface area contributed by atoms with Gasteiger partial charge in [-0.1, -0.05) is 0 Å². The Morgan fingerprint density at radius 3 is 1.52 bits per heavy atom. The summed E-state index contributed by atoms with van der Waals surface area (Å²) in [5.41, 5.74) is 0.186. The Kier molecular flexibility index (Phi) is 6.94. The number of nitro groups is 2. The highest BCUT2D eigenvalue weighted by molar-refractivity contribution is 5.82. The molecule has 0 saturated carbocycles. The number of nitrogens with zero attached hydrogens (tertiary/aromatic N) is 2. The van der Waals surface area contributed by atoms with Gasteiger partial charge in [-0.05, 0) is 53.6 Å². The van der Waals surface area contributed by atoms with Gasteiger partial charge in [0.2, 0.25) is 0 Å². The third-order valence-corrected chi connectivity index (χ3v) is 4.49. The van der Waals surface area contributed by atoms with Crippen molar-refractivity contribution in [3.05, 3.63) is 97.1 Å². The zero-order valence-electron chi connectivity index (χ0n) is 16.9. The highest BCUT2D eigenvalue weighted by Gasteiger charge is 2.15. The van der Waals surface area contributed by atoms with Crippen LogP contribution in [-0.4, -0.2) is 27.5 Å². The molecule has 1 N–H and O–H groups in total. The van der Waals surface area contributed by atoms with Gasteiger partial charge in [-0.15, -0.1) is 0 Å². The third-order valence-electron chi connectivity index (χ3n) is 4.49. The number of carbonyl (C=O) groups excluding carboxylic acids is 2. The average Bonchev–Trinajstić information content (AvgIpc) is 2.80. The Bertz CT molecular complexity index is 1150. The molecule has 0 spiro atoms. The van der Waals surface area contributed by atoms with Gasteiger partial charge in [-0.2, -0.15) is 0 Å². The Morgan fingerprint density at radius 2 is 1.15 bits per heavy atom. The first kappa shape index (κ1) is 22.9. The molecule has 33 heavy (non-hydrogen) atoms. The molecule has 0 bridgehead atoms. The molecule has 3 aromatic rings. The van der Waals surface area contributed by atoms with Gasteiger partial charge in [0, 0.05) is 12.1 Å². The molecule has 0 aliphatic rings. The van der Waals surface area contributed by atoms with E-state index in [9.17, 15) is 34.9 Å². The first-order valence-electron chi connectivity index (χ1n) is 9.35. The average molecular weight is 452 g/mol. The number of benzene rings is 3. The highest BCUT2D eigenvalue weighted by Crippen LogP contribution is 2.26. The quantitative estimate of drug-likeness (QED) is 0.272. The molecule has 0 atom stereocenters. The molecule has 0 aliphatic heterocycles. The molecule has 0 amide bonds. The second-order valence-electron chi connectivity index (χ2n) is 6.78. The lowest BCUT2D eigenvalue weighted by Gasteiger charge is -2.11. The van der Waals surface area contributed by atoms with E-state index in [2.05, 4.69) is 0 Å². The summed E-state index contributed by atoms with van der Waals surface area (Å²) >= 11 is 0. The van der Waals surface area contributed by atoms with E-state index in [4.69, 9.17) is 9.47 Å². The first-order chi connectivity index (χ1) is 15.8. The number of hydrogen-bond acceptors (Lipinski definition) is 9. The van der Waals surface area contributed by atoms with Crippen LogP contribution in [0.15, 0.2) is 54.6 Å². The van der Waals surface area contributed by atoms with Gasteiger partial charge in [0.05, 0.1) is 21.0 Å². The lowest BCUT2D eigenvalue weighted by molar-refractivity contribution is -0.385. The first-order valence-corrected chi connectivity index (χ1v) is 9.35. The van der Waals surface area contributed by atoms with E-state index >= 15 is 0 Å². The summed E-state index contributed by atoms with van der Waals surface area (Å²) in [7, 11) is 0. The summed E-state index contributed by atoms with van der Waals surface area (Å²) in [4.78, 5) is 42.6. The fraction of sp³-hybridized carbons (Fsp3) is 0.0909. The maximum atomic E-state index is 11.1. The number of phenols is 1. The summed E-state index contributed by atoms with van der Waals surface area (Å²) in [6.07, 6.45) is 0.728. The second kappa shape index (κ2) is 10.0. The summed E-state index contributed by atoms with van der Waals surface area (Å²) in [5.74, 6) is 0.400. The van der Waals surface area contributed by atoms with Crippen LogP contribution in [0.1, 0.15) is 31.8 Å². The minimum atomic E-state index is -0.669. The minimum Gasteiger partial charge on any atom is -0.508 e. The van der Waals surface area contributed by atoms with Crippen LogP contribution in [0.2, 0.25) is 0 Å². The van der Waals surface area contributed by atoms with Crippen molar-refractivity contribution < 1.29 is 34.0 Å². The third kappa shape index (κ3) is 5.67. The highest BCUT2D eigenvalue weighted by atomic mass is 16.6. The second-order valence-corrected chi connectivity index (χ2v) is 6.78. The number of carbonyl (C=O) groups is 2. The summed E-state index contributed by atoms with van der Waals surface area (Å²) in [5, 5.41) is 31.8. The van der Waals surface area contributed by atoms with Crippen LogP contribution in [-0.2, 0) is 13.2 Å². The summed E-state index contributed by atoms with van der Waals surface area (Å²) in [6, 6.07) is 12.1. The molecule has 11 heteroatoms. The molecule has 3 aromatic carbocycles. The lowest BCUT2D eigenvalue weighted by atomic mass is 10.1. The van der Waals surface area contributed by atoms with Gasteiger partial charge in [0.25, 0.3) is 11.4 Å². The number of phenolic OH excluding ortho intramolecular Hbond substituents is 1. The largest absolute Gasteiger partial charge is 0.508 e. The Hall–Kier alpha value is -4.80. The number of aromatic hydroxyl groups is 1. The normalized spacial score (nSPS) is 10.3. The van der Waals surface area contributed by atoms with Crippen molar-refractivity contribution >= 4 is 23.9 Å². The van der Waals surface area contributed by atoms with Crippen molar-refractivity contribution in [2.24, 2.45) is 0 Å². The monoisotopic (exact) mass is 452 g/mol. The van der Waals surface area contributed by atoms with E-state index in [0.29, 0.717) is 23.7 Å². The van der Waals surface area contributed by atoms with Gasteiger partial charge in [-0.3, -0.25) is 29.8 Å². The maximum Gasteiger partial charge on any atom is 0.280 e. The van der Waals surface area contributed by atoms with E-state index in [1.807, 2.05) is 0 Å². The molecule has 0 radical (unpaired) electrons. The van der Waals surface area contributed by atoms with Crippen molar-refractivity contribution in [2.45, 2.75) is 13.2 Å². The number of aldehydes is 2. The molecule has 0 fully saturated rings. The van der Waals surface area contributed by atoms with E-state index < -0.39 is 9.85 Å². The van der Waals surface area contributed by atoms with Crippen LogP contribution < -0.4 is 9.47 Å². The molecule has 0 heterocycles. The molecule has 11 nitrogen and oxygen atoms in total. The van der Waals surface area contributed by atoms with Crippen LogP contribution >= 0.6 is 0 Å². The van der Waals surface area contributed by atoms with Gasteiger partial charge >= 0.3 is 0 Å². The summed E-state index contributed by atoms with van der Waals surface area (Å²) < 4.78 is 11.1. The topological polar surface area (TPSA) is 159 Å². The van der Waals surface area contributed by atoms with Gasteiger partial charge in [0.15, 0.2) is 12.6 Å². The molecule has 0 saturated heterocycles. The van der Waals surface area contributed by atoms with Crippen LogP contribution in [0.5, 0.6) is 17.2 Å². The molecule has 168 valence electrons. The molecule has 0 aromatic heterocycles. The minimum absolute atomic E-state index is 0.00959. The molecule has 0 unspecified atom stereocenters. The van der Waals surface area contributed by atoms with Gasteiger partial charge in [-0.25, -0.2) is 0 Å². The van der Waals surface area contributed by atoms with E-state index in [0.717, 1.165) is 0 Å². The number of nitro benzene ring substituents is 2. The standard InChI is InChI=1S/C22H16N2O9/c25-10-16-8-19(1-3-21(16)23(28)29)32-12-14-5-15(7-18(27)6-14)13-33-20-2-4-22(24(30)31)17(9-20)11-26/h1-11,27H,12-13H2. The predicted octanol–water partition coefficient (Wildman–Crippen LogP) is 3.99. The van der Waals surface area contributed by atoms with Crippen molar-refractivity contribution in [2.75, 3.05) is 0 Å². The molecular weight excluding hydrogens is 436 g/mol. The SMILES string of the molecule is O=Cc1cc(OCc2cc(O)cc(COc3ccc([N+](=O)[O-])c(C=O)c3)c2)ccc1[N+](=O)[O-]. The number of ether oxygens (including phenoxy) is 2. The van der Waals surface area contributed by atoms with Crippen molar-refractivity contribution in [3.8, 4) is 17.2 Å². The zero-order chi connectivity index (χ0) is 24.0. The Balaban J connectivity index is 1.70. The Labute approximate surface area is 186 Å². The van der Waals surface area contributed by atoms with Crippen LogP contribution in [0.4, 0.5) is 11.4 Å². The fourth-order valence-electron chi connectivity index (χ4n) is 3.01. The molecular formula is C22H16N2O9. The van der Waals surface area contributed by atoms with Gasteiger partial charge < -0.3 is 14.6 Å². The molecule has 0 aliphatic carbocycles. The van der Waals surface area contributed by atoms with E-state index in [1.165, 1.54) is 48.5 Å². The van der Waals surface area contributed by atoms with Crippen molar-refractivity contribution in [3.63, 3.8) is 0 Å². The zero-order valence-corrected chi connectivity index (χ0v) is 16.9. The fourth-order valence-corrected chi connectivity index (χ4v) is 3.01. The predicted molar refractivity (Wildman–Crippen MR) is 114 cm³/mol. The van der Waals surface area contributed by atoms with E-state index in [1.54, 1.807) is 6.07 Å². The van der Waals surface area contributed by atoms with Crippen LogP contribution in [0.3, 0.4) is 0 Å². The van der Waals surface area contributed by atoms with Crippen LogP contribution in [0, 0.1) is 20.2 Å². The maximum absolute atomic E-state index is 11.1. The van der Waals surface area contributed by atoms with Crippen molar-refractivity contribution in [1.82, 2.24) is 0 Å². The number of hydrogen-bond donors (Lipinski definition) is 1. The van der Waals surface area contributed by atoms with Crippen LogP contribution in [0.25, 0.3) is 0 Å². The van der Waals surface area contributed by atoms with E-state index in [-0.39, 0.29) is 53.0 Å². The molecule has 3 rings (SSSR count). The van der Waals surface area contributed by atoms with Gasteiger partial charge in [0.1, 0.15) is 30.5 Å². The number of rotatable bonds is 10. The lowest BCUT2D eigenvalue weighted by Crippen LogP contribution is -2.01. The van der Waals surface area contributed by atoms with Crippen molar-refractivity contribution in [1.29, 1.82) is 0 Å². The smallest absolute Gasteiger partial charge is 0.280 e.